The zero-order valence-corrected chi connectivity index (χ0v) is 13.7. The van der Waals surface area contributed by atoms with Crippen LogP contribution in [0.25, 0.3) is 0 Å². The second-order valence-corrected chi connectivity index (χ2v) is 7.57. The second kappa shape index (κ2) is 5.80. The predicted octanol–water partition coefficient (Wildman–Crippen LogP) is 3.72. The van der Waals surface area contributed by atoms with Crippen LogP contribution in [-0.2, 0) is 6.54 Å². The highest BCUT2D eigenvalue weighted by Crippen LogP contribution is 2.32. The monoisotopic (exact) mass is 281 g/mol. The Morgan fingerprint density at radius 2 is 2.16 bits per heavy atom. The summed E-state index contributed by atoms with van der Waals surface area (Å²) in [4.78, 5) is 8.69. The van der Waals surface area contributed by atoms with E-state index in [9.17, 15) is 0 Å². The van der Waals surface area contributed by atoms with Gasteiger partial charge in [0.15, 0.2) is 5.13 Å². The van der Waals surface area contributed by atoms with Gasteiger partial charge in [0.1, 0.15) is 0 Å². The Balaban J connectivity index is 2.08. The number of nitrogens with one attached hydrogen (secondary N) is 1. The van der Waals surface area contributed by atoms with Gasteiger partial charge in [0.2, 0.25) is 0 Å². The van der Waals surface area contributed by atoms with Crippen molar-refractivity contribution in [3.8, 4) is 0 Å². The molecule has 0 spiro atoms. The fourth-order valence-electron chi connectivity index (χ4n) is 2.56. The van der Waals surface area contributed by atoms with Crippen molar-refractivity contribution in [2.45, 2.75) is 72.0 Å². The van der Waals surface area contributed by atoms with Gasteiger partial charge in [0.25, 0.3) is 0 Å². The number of hydrogen-bond acceptors (Lipinski definition) is 4. The SMILES string of the molecule is CCC1CCCN1c1nc(C)c(CNC(C)(C)C)s1. The molecule has 1 aromatic heterocycles. The van der Waals surface area contributed by atoms with Crippen LogP contribution in [0.2, 0.25) is 0 Å². The molecule has 1 N–H and O–H groups in total. The zero-order valence-electron chi connectivity index (χ0n) is 12.9. The van der Waals surface area contributed by atoms with Gasteiger partial charge in [-0.15, -0.1) is 11.3 Å². The molecule has 1 aliphatic rings. The average molecular weight is 281 g/mol. The number of aromatic nitrogens is 1. The van der Waals surface area contributed by atoms with E-state index in [1.165, 1.54) is 41.5 Å². The average Bonchev–Trinajstić information content (AvgIpc) is 2.91. The first-order chi connectivity index (χ1) is 8.90. The van der Waals surface area contributed by atoms with Crippen molar-refractivity contribution in [1.29, 1.82) is 0 Å². The predicted molar refractivity (Wildman–Crippen MR) is 84.1 cm³/mol. The van der Waals surface area contributed by atoms with Crippen LogP contribution >= 0.6 is 11.3 Å². The maximum absolute atomic E-state index is 4.80. The van der Waals surface area contributed by atoms with Gasteiger partial charge in [0.05, 0.1) is 5.69 Å². The standard InChI is InChI=1S/C15H27N3S/c1-6-12-8-7-9-18(12)14-17-11(2)13(19-14)10-16-15(3,4)5/h12,16H,6-10H2,1-5H3. The van der Waals surface area contributed by atoms with Gasteiger partial charge in [-0.3, -0.25) is 0 Å². The number of hydrogen-bond donors (Lipinski definition) is 1. The molecule has 19 heavy (non-hydrogen) atoms. The summed E-state index contributed by atoms with van der Waals surface area (Å²) in [5, 5.41) is 4.79. The van der Waals surface area contributed by atoms with Gasteiger partial charge in [-0.25, -0.2) is 4.98 Å². The quantitative estimate of drug-likeness (QED) is 0.911. The first-order valence-corrected chi connectivity index (χ1v) is 8.20. The lowest BCUT2D eigenvalue weighted by atomic mass is 10.1. The molecule has 0 amide bonds. The summed E-state index contributed by atoms with van der Waals surface area (Å²) in [5.74, 6) is 0. The van der Waals surface area contributed by atoms with Gasteiger partial charge >= 0.3 is 0 Å². The summed E-state index contributed by atoms with van der Waals surface area (Å²) in [5.41, 5.74) is 1.36. The molecule has 1 unspecified atom stereocenters. The van der Waals surface area contributed by atoms with E-state index in [1.807, 2.05) is 11.3 Å². The lowest BCUT2D eigenvalue weighted by Crippen LogP contribution is -2.34. The summed E-state index contributed by atoms with van der Waals surface area (Å²) in [6.07, 6.45) is 3.87. The first-order valence-electron chi connectivity index (χ1n) is 7.38. The first kappa shape index (κ1) is 14.8. The molecule has 1 fully saturated rings. The van der Waals surface area contributed by atoms with Crippen molar-refractivity contribution >= 4 is 16.5 Å². The largest absolute Gasteiger partial charge is 0.345 e. The second-order valence-electron chi connectivity index (χ2n) is 6.51. The van der Waals surface area contributed by atoms with Crippen LogP contribution < -0.4 is 10.2 Å². The van der Waals surface area contributed by atoms with E-state index >= 15 is 0 Å². The number of thiazole rings is 1. The summed E-state index contributed by atoms with van der Waals surface area (Å²) >= 11 is 1.87. The normalized spacial score (nSPS) is 20.3. The van der Waals surface area contributed by atoms with Crippen LogP contribution in [0.15, 0.2) is 0 Å². The van der Waals surface area contributed by atoms with Crippen molar-refractivity contribution in [3.05, 3.63) is 10.6 Å². The van der Waals surface area contributed by atoms with E-state index in [2.05, 4.69) is 44.8 Å². The number of anilines is 1. The van der Waals surface area contributed by atoms with E-state index in [-0.39, 0.29) is 5.54 Å². The topological polar surface area (TPSA) is 28.2 Å². The van der Waals surface area contributed by atoms with Crippen LogP contribution in [0.4, 0.5) is 5.13 Å². The molecule has 2 heterocycles. The number of nitrogens with zero attached hydrogens (tertiary/aromatic N) is 2. The van der Waals surface area contributed by atoms with Crippen molar-refractivity contribution in [2.24, 2.45) is 0 Å². The van der Waals surface area contributed by atoms with Crippen LogP contribution in [0.1, 0.15) is 57.5 Å². The highest BCUT2D eigenvalue weighted by Gasteiger charge is 2.26. The van der Waals surface area contributed by atoms with E-state index < -0.39 is 0 Å². The van der Waals surface area contributed by atoms with Crippen LogP contribution in [0, 0.1) is 6.92 Å². The molecular weight excluding hydrogens is 254 g/mol. The third-order valence-electron chi connectivity index (χ3n) is 3.75. The Morgan fingerprint density at radius 3 is 2.79 bits per heavy atom. The van der Waals surface area contributed by atoms with Crippen LogP contribution in [-0.4, -0.2) is 23.1 Å². The summed E-state index contributed by atoms with van der Waals surface area (Å²) in [6.45, 7) is 13.1. The fourth-order valence-corrected chi connectivity index (χ4v) is 3.66. The number of aryl methyl sites for hydroxylation is 1. The van der Waals surface area contributed by atoms with Crippen LogP contribution in [0.5, 0.6) is 0 Å². The summed E-state index contributed by atoms with van der Waals surface area (Å²) in [6, 6.07) is 0.703. The minimum absolute atomic E-state index is 0.163. The number of rotatable bonds is 4. The Labute approximate surface area is 121 Å². The van der Waals surface area contributed by atoms with Gasteiger partial charge in [-0.1, -0.05) is 6.92 Å². The molecule has 4 heteroatoms. The fraction of sp³-hybridized carbons (Fsp3) is 0.800. The van der Waals surface area contributed by atoms with E-state index in [1.54, 1.807) is 0 Å². The molecule has 0 aliphatic carbocycles. The Bertz CT molecular complexity index is 420. The van der Waals surface area contributed by atoms with E-state index in [4.69, 9.17) is 4.98 Å². The molecule has 0 bridgehead atoms. The zero-order chi connectivity index (χ0) is 14.0. The molecular formula is C15H27N3S. The molecule has 1 aromatic rings. The molecule has 0 saturated carbocycles. The smallest absolute Gasteiger partial charge is 0.186 e. The maximum Gasteiger partial charge on any atom is 0.186 e. The van der Waals surface area contributed by atoms with Crippen molar-refractivity contribution in [3.63, 3.8) is 0 Å². The highest BCUT2D eigenvalue weighted by molar-refractivity contribution is 7.15. The van der Waals surface area contributed by atoms with Gasteiger partial charge in [-0.05, 0) is 47.0 Å². The summed E-state index contributed by atoms with van der Waals surface area (Å²) in [7, 11) is 0. The van der Waals surface area contributed by atoms with Crippen molar-refractivity contribution in [1.82, 2.24) is 10.3 Å². The van der Waals surface area contributed by atoms with Gasteiger partial charge in [-0.2, -0.15) is 0 Å². The minimum atomic E-state index is 0.163. The molecule has 1 atom stereocenters. The van der Waals surface area contributed by atoms with Gasteiger partial charge in [0, 0.05) is 29.5 Å². The summed E-state index contributed by atoms with van der Waals surface area (Å²) < 4.78 is 0. The lowest BCUT2D eigenvalue weighted by Gasteiger charge is -2.22. The van der Waals surface area contributed by atoms with E-state index in [0.717, 1.165) is 6.54 Å². The molecule has 108 valence electrons. The van der Waals surface area contributed by atoms with E-state index in [0.29, 0.717) is 6.04 Å². The van der Waals surface area contributed by atoms with Gasteiger partial charge < -0.3 is 10.2 Å². The Hall–Kier alpha value is -0.610. The van der Waals surface area contributed by atoms with Crippen LogP contribution in [0.3, 0.4) is 0 Å². The Kier molecular flexibility index (Phi) is 4.51. The third kappa shape index (κ3) is 3.69. The molecule has 1 aliphatic heterocycles. The third-order valence-corrected chi connectivity index (χ3v) is 4.95. The molecule has 1 saturated heterocycles. The minimum Gasteiger partial charge on any atom is -0.345 e. The Morgan fingerprint density at radius 1 is 1.42 bits per heavy atom. The maximum atomic E-state index is 4.80. The van der Waals surface area contributed by atoms with Crippen molar-refractivity contribution in [2.75, 3.05) is 11.4 Å². The highest BCUT2D eigenvalue weighted by atomic mass is 32.1. The van der Waals surface area contributed by atoms with Crippen molar-refractivity contribution < 1.29 is 0 Å². The molecule has 3 nitrogen and oxygen atoms in total. The molecule has 0 aromatic carbocycles. The lowest BCUT2D eigenvalue weighted by molar-refractivity contribution is 0.425. The molecule has 0 radical (unpaired) electrons. The molecule has 2 rings (SSSR count).